The Kier molecular flexibility index (Phi) is 4.36. The van der Waals surface area contributed by atoms with Gasteiger partial charge in [-0.15, -0.1) is 0 Å². The van der Waals surface area contributed by atoms with Gasteiger partial charge in [0.2, 0.25) is 0 Å². The Balaban J connectivity index is 1.73. The van der Waals surface area contributed by atoms with Gasteiger partial charge in [0.1, 0.15) is 17.2 Å². The number of piperidine rings is 1. The third-order valence-electron chi connectivity index (χ3n) is 2.91. The standard InChI is InChI=1S/C11H17ClN4/c12-10-7-14-8-16-11(10)15-5-3-9-2-1-4-13-6-9/h7-9,13H,1-6H2,(H,14,15,16). The maximum absolute atomic E-state index is 5.95. The number of anilines is 1. The second-order valence-corrected chi connectivity index (χ2v) is 4.55. The zero-order valence-corrected chi connectivity index (χ0v) is 10.0. The van der Waals surface area contributed by atoms with Crippen molar-refractivity contribution in [2.45, 2.75) is 19.3 Å². The molecule has 2 rings (SSSR count). The molecule has 1 aliphatic heterocycles. The molecular formula is C11H17ClN4. The first-order chi connectivity index (χ1) is 7.86. The van der Waals surface area contributed by atoms with Crippen LogP contribution in [0.4, 0.5) is 5.82 Å². The summed E-state index contributed by atoms with van der Waals surface area (Å²) >= 11 is 5.95. The lowest BCUT2D eigenvalue weighted by molar-refractivity contribution is 0.364. The minimum Gasteiger partial charge on any atom is -0.369 e. The summed E-state index contributed by atoms with van der Waals surface area (Å²) in [5.41, 5.74) is 0. The second kappa shape index (κ2) is 6.01. The number of rotatable bonds is 4. The Hall–Kier alpha value is -0.870. The van der Waals surface area contributed by atoms with Crippen LogP contribution in [0.1, 0.15) is 19.3 Å². The molecule has 2 N–H and O–H groups in total. The van der Waals surface area contributed by atoms with Gasteiger partial charge in [-0.05, 0) is 38.3 Å². The lowest BCUT2D eigenvalue weighted by atomic mass is 9.96. The van der Waals surface area contributed by atoms with E-state index in [1.807, 2.05) is 0 Å². The van der Waals surface area contributed by atoms with Crippen LogP contribution in [-0.2, 0) is 0 Å². The monoisotopic (exact) mass is 240 g/mol. The highest BCUT2D eigenvalue weighted by molar-refractivity contribution is 6.32. The summed E-state index contributed by atoms with van der Waals surface area (Å²) in [5.74, 6) is 1.52. The van der Waals surface area contributed by atoms with E-state index in [0.717, 1.165) is 31.2 Å². The molecule has 0 aromatic carbocycles. The first-order valence-corrected chi connectivity index (χ1v) is 6.14. The van der Waals surface area contributed by atoms with Crippen LogP contribution in [0.3, 0.4) is 0 Å². The summed E-state index contributed by atoms with van der Waals surface area (Å²) in [6.07, 6.45) is 6.90. The van der Waals surface area contributed by atoms with Crippen LogP contribution in [0.2, 0.25) is 5.02 Å². The molecule has 1 aromatic heterocycles. The maximum atomic E-state index is 5.95. The topological polar surface area (TPSA) is 49.8 Å². The van der Waals surface area contributed by atoms with Crippen molar-refractivity contribution in [1.29, 1.82) is 0 Å². The van der Waals surface area contributed by atoms with Gasteiger partial charge in [0.15, 0.2) is 0 Å². The molecule has 0 amide bonds. The lowest BCUT2D eigenvalue weighted by Gasteiger charge is -2.22. The van der Waals surface area contributed by atoms with Crippen molar-refractivity contribution in [1.82, 2.24) is 15.3 Å². The predicted octanol–water partition coefficient (Wildman–Crippen LogP) is 1.93. The van der Waals surface area contributed by atoms with Crippen LogP contribution in [0.5, 0.6) is 0 Å². The van der Waals surface area contributed by atoms with Gasteiger partial charge < -0.3 is 10.6 Å². The van der Waals surface area contributed by atoms with Gasteiger partial charge in [0.25, 0.3) is 0 Å². The molecule has 1 aromatic rings. The zero-order valence-electron chi connectivity index (χ0n) is 9.25. The van der Waals surface area contributed by atoms with Gasteiger partial charge >= 0.3 is 0 Å². The predicted molar refractivity (Wildman–Crippen MR) is 65.7 cm³/mol. The number of aromatic nitrogens is 2. The van der Waals surface area contributed by atoms with Gasteiger partial charge in [-0.25, -0.2) is 9.97 Å². The summed E-state index contributed by atoms with van der Waals surface area (Å²) in [5, 5.41) is 7.25. The van der Waals surface area contributed by atoms with Gasteiger partial charge in [0.05, 0.1) is 6.20 Å². The molecule has 0 radical (unpaired) electrons. The second-order valence-electron chi connectivity index (χ2n) is 4.15. The van der Waals surface area contributed by atoms with E-state index in [-0.39, 0.29) is 0 Å². The molecule has 1 aliphatic rings. The summed E-state index contributed by atoms with van der Waals surface area (Å²) in [7, 11) is 0. The molecule has 2 heterocycles. The SMILES string of the molecule is Clc1cncnc1NCCC1CCCNC1. The molecule has 1 fully saturated rings. The van der Waals surface area contributed by atoms with Gasteiger partial charge in [0, 0.05) is 6.54 Å². The molecule has 5 heteroatoms. The quantitative estimate of drug-likeness (QED) is 0.845. The lowest BCUT2D eigenvalue weighted by Crippen LogP contribution is -2.30. The third-order valence-corrected chi connectivity index (χ3v) is 3.19. The van der Waals surface area contributed by atoms with Crippen LogP contribution in [0.15, 0.2) is 12.5 Å². The summed E-state index contributed by atoms with van der Waals surface area (Å²) in [6.45, 7) is 3.23. The fourth-order valence-corrected chi connectivity index (χ4v) is 2.18. The number of halogens is 1. The molecule has 88 valence electrons. The largest absolute Gasteiger partial charge is 0.369 e. The Bertz CT molecular complexity index is 326. The van der Waals surface area contributed by atoms with E-state index in [9.17, 15) is 0 Å². The van der Waals surface area contributed by atoms with Crippen LogP contribution in [-0.4, -0.2) is 29.6 Å². The minimum atomic E-state index is 0.587. The van der Waals surface area contributed by atoms with E-state index in [1.54, 1.807) is 6.20 Å². The third kappa shape index (κ3) is 3.32. The normalized spacial score (nSPS) is 20.7. The smallest absolute Gasteiger partial charge is 0.148 e. The molecule has 0 bridgehead atoms. The number of hydrogen-bond donors (Lipinski definition) is 2. The molecule has 4 nitrogen and oxygen atoms in total. The van der Waals surface area contributed by atoms with E-state index in [2.05, 4.69) is 20.6 Å². The Morgan fingerprint density at radius 2 is 2.50 bits per heavy atom. The van der Waals surface area contributed by atoms with E-state index >= 15 is 0 Å². The molecule has 0 spiro atoms. The van der Waals surface area contributed by atoms with E-state index in [4.69, 9.17) is 11.6 Å². The molecule has 1 unspecified atom stereocenters. The summed E-state index contributed by atoms with van der Waals surface area (Å²) in [6, 6.07) is 0. The number of nitrogens with zero attached hydrogens (tertiary/aromatic N) is 2. The number of nitrogens with one attached hydrogen (secondary N) is 2. The van der Waals surface area contributed by atoms with Crippen LogP contribution >= 0.6 is 11.6 Å². The molecule has 1 atom stereocenters. The molecule has 0 aliphatic carbocycles. The minimum absolute atomic E-state index is 0.587. The van der Waals surface area contributed by atoms with Crippen molar-refractivity contribution in [2.24, 2.45) is 5.92 Å². The van der Waals surface area contributed by atoms with Crippen molar-refractivity contribution in [3.8, 4) is 0 Å². The Morgan fingerprint density at radius 3 is 3.25 bits per heavy atom. The van der Waals surface area contributed by atoms with Crippen molar-refractivity contribution in [3.63, 3.8) is 0 Å². The van der Waals surface area contributed by atoms with Crippen LogP contribution < -0.4 is 10.6 Å². The fraction of sp³-hybridized carbons (Fsp3) is 0.636. The van der Waals surface area contributed by atoms with E-state index < -0.39 is 0 Å². The number of hydrogen-bond acceptors (Lipinski definition) is 4. The highest BCUT2D eigenvalue weighted by atomic mass is 35.5. The Morgan fingerprint density at radius 1 is 1.56 bits per heavy atom. The summed E-state index contributed by atoms with van der Waals surface area (Å²) in [4.78, 5) is 7.94. The Labute approximate surface area is 101 Å². The summed E-state index contributed by atoms with van der Waals surface area (Å²) < 4.78 is 0. The van der Waals surface area contributed by atoms with Gasteiger partial charge in [-0.3, -0.25) is 0 Å². The zero-order chi connectivity index (χ0) is 11.2. The molecular weight excluding hydrogens is 224 g/mol. The van der Waals surface area contributed by atoms with Crippen molar-refractivity contribution >= 4 is 17.4 Å². The average molecular weight is 241 g/mol. The molecule has 1 saturated heterocycles. The highest BCUT2D eigenvalue weighted by Gasteiger charge is 2.12. The van der Waals surface area contributed by atoms with Crippen molar-refractivity contribution < 1.29 is 0 Å². The first kappa shape index (κ1) is 11.6. The molecule has 0 saturated carbocycles. The van der Waals surface area contributed by atoms with Crippen molar-refractivity contribution in [3.05, 3.63) is 17.5 Å². The van der Waals surface area contributed by atoms with E-state index in [0.29, 0.717) is 5.02 Å². The van der Waals surface area contributed by atoms with Crippen LogP contribution in [0, 0.1) is 5.92 Å². The molecule has 16 heavy (non-hydrogen) atoms. The van der Waals surface area contributed by atoms with Gasteiger partial charge in [-0.1, -0.05) is 11.6 Å². The fourth-order valence-electron chi connectivity index (χ4n) is 2.01. The first-order valence-electron chi connectivity index (χ1n) is 5.76. The average Bonchev–Trinajstić information content (AvgIpc) is 2.33. The maximum Gasteiger partial charge on any atom is 0.148 e. The van der Waals surface area contributed by atoms with Crippen molar-refractivity contribution in [2.75, 3.05) is 25.0 Å². The van der Waals surface area contributed by atoms with Gasteiger partial charge in [-0.2, -0.15) is 0 Å². The van der Waals surface area contributed by atoms with E-state index in [1.165, 1.54) is 25.7 Å². The highest BCUT2D eigenvalue weighted by Crippen LogP contribution is 2.18. The van der Waals surface area contributed by atoms with Crippen LogP contribution in [0.25, 0.3) is 0 Å².